The second-order valence-electron chi connectivity index (χ2n) is 8.65. The van der Waals surface area contributed by atoms with E-state index in [-0.39, 0.29) is 17.7 Å². The van der Waals surface area contributed by atoms with Crippen LogP contribution in [0.4, 0.5) is 5.82 Å². The minimum Gasteiger partial charge on any atom is -0.296 e. The highest BCUT2D eigenvalue weighted by molar-refractivity contribution is 7.89. The van der Waals surface area contributed by atoms with Gasteiger partial charge in [-0.05, 0) is 51.9 Å². The van der Waals surface area contributed by atoms with Gasteiger partial charge in [0.1, 0.15) is 11.6 Å². The molecule has 4 rings (SSSR count). The number of anilines is 1. The van der Waals surface area contributed by atoms with Crippen LogP contribution in [0.1, 0.15) is 81.4 Å². The first-order valence-corrected chi connectivity index (χ1v) is 12.7. The molecule has 3 heterocycles. The van der Waals surface area contributed by atoms with E-state index in [0.717, 1.165) is 36.5 Å². The maximum Gasteiger partial charge on any atom is 0.228 e. The summed E-state index contributed by atoms with van der Waals surface area (Å²) >= 11 is 0. The van der Waals surface area contributed by atoms with Crippen molar-refractivity contribution in [3.8, 4) is 0 Å². The van der Waals surface area contributed by atoms with Gasteiger partial charge in [-0.3, -0.25) is 9.69 Å². The van der Waals surface area contributed by atoms with Crippen LogP contribution in [-0.4, -0.2) is 47.4 Å². The molecule has 1 atom stereocenters. The number of sulfonamides is 1. The van der Waals surface area contributed by atoms with E-state index in [1.807, 2.05) is 11.8 Å². The Bertz CT molecular complexity index is 880. The van der Waals surface area contributed by atoms with Crippen LogP contribution in [-0.2, 0) is 21.2 Å². The predicted octanol–water partition coefficient (Wildman–Crippen LogP) is 3.13. The molecule has 0 spiro atoms. The number of rotatable bonds is 5. The third kappa shape index (κ3) is 4.06. The number of aromatic nitrogens is 2. The third-order valence-electron chi connectivity index (χ3n) is 6.74. The van der Waals surface area contributed by atoms with Gasteiger partial charge in [-0.25, -0.2) is 18.4 Å². The zero-order chi connectivity index (χ0) is 20.6. The Hall–Kier alpha value is -1.54. The Labute approximate surface area is 173 Å². The first-order valence-electron chi connectivity index (χ1n) is 11.1. The molecule has 8 heteroatoms. The van der Waals surface area contributed by atoms with Crippen LogP contribution in [0.25, 0.3) is 0 Å². The Balaban J connectivity index is 1.68. The average molecular weight is 421 g/mol. The topological polar surface area (TPSA) is 83.5 Å². The SMILES string of the molecule is CCS(=O)(=O)N1CCC[C@@H]1c1nc(C)c2c(n1)N(CC1CCCCC1)C(=O)CC2. The zero-order valence-electron chi connectivity index (χ0n) is 17.6. The van der Waals surface area contributed by atoms with Gasteiger partial charge in [0, 0.05) is 30.8 Å². The van der Waals surface area contributed by atoms with Gasteiger partial charge in [0.15, 0.2) is 0 Å². The van der Waals surface area contributed by atoms with Gasteiger partial charge in [-0.2, -0.15) is 4.31 Å². The quantitative estimate of drug-likeness (QED) is 0.731. The highest BCUT2D eigenvalue weighted by atomic mass is 32.2. The minimum atomic E-state index is -3.30. The molecule has 0 bridgehead atoms. The second-order valence-corrected chi connectivity index (χ2v) is 10.9. The van der Waals surface area contributed by atoms with Crippen molar-refractivity contribution in [1.82, 2.24) is 14.3 Å². The van der Waals surface area contributed by atoms with Gasteiger partial charge in [0.05, 0.1) is 11.8 Å². The summed E-state index contributed by atoms with van der Waals surface area (Å²) in [5, 5.41) is 0. The molecule has 2 aliphatic heterocycles. The zero-order valence-corrected chi connectivity index (χ0v) is 18.4. The third-order valence-corrected chi connectivity index (χ3v) is 8.63. The fraction of sp³-hybridized carbons (Fsp3) is 0.762. The van der Waals surface area contributed by atoms with Crippen molar-refractivity contribution in [3.05, 3.63) is 17.1 Å². The first-order chi connectivity index (χ1) is 13.9. The molecule has 1 aromatic rings. The van der Waals surface area contributed by atoms with Gasteiger partial charge in [-0.1, -0.05) is 19.3 Å². The maximum absolute atomic E-state index is 12.8. The van der Waals surface area contributed by atoms with Crippen LogP contribution < -0.4 is 4.90 Å². The number of fused-ring (bicyclic) bond motifs is 1. The largest absolute Gasteiger partial charge is 0.296 e. The Morgan fingerprint density at radius 2 is 1.79 bits per heavy atom. The van der Waals surface area contributed by atoms with Crippen molar-refractivity contribution >= 4 is 21.7 Å². The van der Waals surface area contributed by atoms with Crippen molar-refractivity contribution < 1.29 is 13.2 Å². The van der Waals surface area contributed by atoms with E-state index in [1.54, 1.807) is 11.2 Å². The standard InChI is InChI=1S/C21H32N4O3S/c1-3-29(27,28)25-13-7-10-18(25)20-22-15(2)17-11-12-19(26)24(21(17)23-20)14-16-8-5-4-6-9-16/h16,18H,3-14H2,1-2H3/t18-/m1/s1. The molecule has 1 aliphatic carbocycles. The van der Waals surface area contributed by atoms with Crippen molar-refractivity contribution in [2.75, 3.05) is 23.7 Å². The molecule has 1 amide bonds. The molecule has 160 valence electrons. The molecule has 3 aliphatic rings. The average Bonchev–Trinajstić information content (AvgIpc) is 3.22. The number of hydrogen-bond acceptors (Lipinski definition) is 5. The number of nitrogens with zero attached hydrogens (tertiary/aromatic N) is 4. The molecule has 0 unspecified atom stereocenters. The van der Waals surface area contributed by atoms with E-state index in [1.165, 1.54) is 32.1 Å². The molecular weight excluding hydrogens is 388 g/mol. The van der Waals surface area contributed by atoms with E-state index in [0.29, 0.717) is 31.1 Å². The highest BCUT2D eigenvalue weighted by Gasteiger charge is 2.38. The van der Waals surface area contributed by atoms with Gasteiger partial charge in [0.25, 0.3) is 0 Å². The maximum atomic E-state index is 12.8. The summed E-state index contributed by atoms with van der Waals surface area (Å²) in [5.41, 5.74) is 1.93. The normalized spacial score (nSPS) is 24.1. The molecule has 2 fully saturated rings. The summed E-state index contributed by atoms with van der Waals surface area (Å²) in [5.74, 6) is 2.03. The number of carbonyl (C=O) groups is 1. The van der Waals surface area contributed by atoms with Crippen LogP contribution in [0.3, 0.4) is 0 Å². The monoisotopic (exact) mass is 420 g/mol. The summed E-state index contributed by atoms with van der Waals surface area (Å²) in [6.45, 7) is 4.88. The Morgan fingerprint density at radius 3 is 2.52 bits per heavy atom. The van der Waals surface area contributed by atoms with Crippen LogP contribution in [0.15, 0.2) is 0 Å². The lowest BCUT2D eigenvalue weighted by Gasteiger charge is -2.34. The number of aryl methyl sites for hydroxylation is 1. The molecule has 1 saturated heterocycles. The van der Waals surface area contributed by atoms with Crippen molar-refractivity contribution in [2.24, 2.45) is 5.92 Å². The van der Waals surface area contributed by atoms with Crippen molar-refractivity contribution in [2.45, 2.75) is 77.7 Å². The van der Waals surface area contributed by atoms with Crippen molar-refractivity contribution in [1.29, 1.82) is 0 Å². The second kappa shape index (κ2) is 8.30. The molecule has 1 aromatic heterocycles. The summed E-state index contributed by atoms with van der Waals surface area (Å²) < 4.78 is 26.6. The van der Waals surface area contributed by atoms with E-state index in [9.17, 15) is 13.2 Å². The first kappa shape index (κ1) is 20.7. The molecule has 0 N–H and O–H groups in total. The van der Waals surface area contributed by atoms with Crippen LogP contribution in [0.5, 0.6) is 0 Å². The van der Waals surface area contributed by atoms with E-state index in [4.69, 9.17) is 9.97 Å². The number of hydrogen-bond donors (Lipinski definition) is 0. The molecule has 0 aromatic carbocycles. The predicted molar refractivity (Wildman–Crippen MR) is 112 cm³/mol. The lowest BCUT2D eigenvalue weighted by molar-refractivity contribution is -0.119. The molecule has 29 heavy (non-hydrogen) atoms. The molecule has 0 radical (unpaired) electrons. The fourth-order valence-corrected chi connectivity index (χ4v) is 6.39. The van der Waals surface area contributed by atoms with Crippen molar-refractivity contribution in [3.63, 3.8) is 0 Å². The minimum absolute atomic E-state index is 0.0830. The number of carbonyl (C=O) groups excluding carboxylic acids is 1. The Morgan fingerprint density at radius 1 is 1.03 bits per heavy atom. The van der Waals surface area contributed by atoms with Crippen LogP contribution in [0, 0.1) is 12.8 Å². The van der Waals surface area contributed by atoms with Gasteiger partial charge >= 0.3 is 0 Å². The lowest BCUT2D eigenvalue weighted by atomic mass is 9.88. The molecule has 1 saturated carbocycles. The summed E-state index contributed by atoms with van der Waals surface area (Å²) in [6, 6.07) is -0.322. The van der Waals surface area contributed by atoms with E-state index in [2.05, 4.69) is 0 Å². The van der Waals surface area contributed by atoms with E-state index >= 15 is 0 Å². The molecule has 7 nitrogen and oxygen atoms in total. The summed E-state index contributed by atoms with van der Waals surface area (Å²) in [6.07, 6.45) is 8.81. The van der Waals surface area contributed by atoms with Gasteiger partial charge in [-0.15, -0.1) is 0 Å². The molecular formula is C21H32N4O3S. The highest BCUT2D eigenvalue weighted by Crippen LogP contribution is 2.37. The number of amides is 1. The summed E-state index contributed by atoms with van der Waals surface area (Å²) in [7, 11) is -3.30. The van der Waals surface area contributed by atoms with Crippen LogP contribution >= 0.6 is 0 Å². The van der Waals surface area contributed by atoms with Gasteiger partial charge < -0.3 is 0 Å². The summed E-state index contributed by atoms with van der Waals surface area (Å²) in [4.78, 5) is 24.2. The fourth-order valence-electron chi connectivity index (χ4n) is 5.07. The smallest absolute Gasteiger partial charge is 0.228 e. The van der Waals surface area contributed by atoms with E-state index < -0.39 is 10.0 Å². The van der Waals surface area contributed by atoms with Crippen LogP contribution in [0.2, 0.25) is 0 Å². The lowest BCUT2D eigenvalue weighted by Crippen LogP contribution is -2.41. The Kier molecular flexibility index (Phi) is 5.93. The van der Waals surface area contributed by atoms with Gasteiger partial charge in [0.2, 0.25) is 15.9 Å².